The molecule has 0 atom stereocenters. The molecule has 0 spiro atoms. The second-order valence-electron chi connectivity index (χ2n) is 5.91. The van der Waals surface area contributed by atoms with Crippen LogP contribution in [0.25, 0.3) is 11.6 Å². The molecule has 0 bridgehead atoms. The normalized spacial score (nSPS) is 10.9. The smallest absolute Gasteiger partial charge is 0.322 e. The predicted octanol–water partition coefficient (Wildman–Crippen LogP) is 4.27. The molecule has 0 aliphatic heterocycles. The van der Waals surface area contributed by atoms with Crippen molar-refractivity contribution >= 4 is 23.3 Å². The summed E-state index contributed by atoms with van der Waals surface area (Å²) in [7, 11) is 0. The summed E-state index contributed by atoms with van der Waals surface area (Å²) in [5, 5.41) is 13.4. The van der Waals surface area contributed by atoms with Crippen molar-refractivity contribution in [3.63, 3.8) is 0 Å². The fraction of sp³-hybridized carbons (Fsp3) is 0.100. The van der Waals surface area contributed by atoms with Crippen LogP contribution >= 0.6 is 11.3 Å². The molecule has 7 heteroatoms. The summed E-state index contributed by atoms with van der Waals surface area (Å²) in [6, 6.07) is 19.2. The van der Waals surface area contributed by atoms with E-state index in [2.05, 4.69) is 20.5 Å². The van der Waals surface area contributed by atoms with E-state index < -0.39 is 5.92 Å². The number of rotatable bonds is 5. The molecule has 0 unspecified atom stereocenters. The van der Waals surface area contributed by atoms with Crippen LogP contribution in [0.2, 0.25) is 0 Å². The summed E-state index contributed by atoms with van der Waals surface area (Å²) in [6.45, 7) is 1.90. The third-order valence-electron chi connectivity index (χ3n) is 4.02. The van der Waals surface area contributed by atoms with Gasteiger partial charge in [-0.15, -0.1) is 16.4 Å². The zero-order chi connectivity index (χ0) is 18.6. The Hall–Kier alpha value is -3.32. The fourth-order valence-electron chi connectivity index (χ4n) is 2.80. The number of aromatic nitrogens is 3. The number of aryl methyl sites for hydroxylation is 1. The summed E-state index contributed by atoms with van der Waals surface area (Å²) in [6.07, 6.45) is 0. The van der Waals surface area contributed by atoms with Crippen molar-refractivity contribution < 1.29 is 9.21 Å². The molecule has 6 nitrogen and oxygen atoms in total. The topological polar surface area (TPSA) is 80.9 Å². The second-order valence-corrected chi connectivity index (χ2v) is 6.97. The molecule has 0 aliphatic rings. The number of nitrogens with zero attached hydrogens (tertiary/aromatic N) is 3. The van der Waals surface area contributed by atoms with Gasteiger partial charge in [-0.2, -0.15) is 0 Å². The van der Waals surface area contributed by atoms with Gasteiger partial charge in [0.25, 0.3) is 5.89 Å². The highest BCUT2D eigenvalue weighted by Crippen LogP contribution is 2.27. The van der Waals surface area contributed by atoms with E-state index in [1.54, 1.807) is 0 Å². The van der Waals surface area contributed by atoms with Crippen LogP contribution in [-0.2, 0) is 4.79 Å². The first-order valence-corrected chi connectivity index (χ1v) is 9.25. The monoisotopic (exact) mass is 376 g/mol. The first-order valence-electron chi connectivity index (χ1n) is 8.37. The highest BCUT2D eigenvalue weighted by molar-refractivity contribution is 7.09. The average molecular weight is 376 g/mol. The summed E-state index contributed by atoms with van der Waals surface area (Å²) < 4.78 is 5.57. The summed E-state index contributed by atoms with van der Waals surface area (Å²) in [5.41, 5.74) is 2.38. The van der Waals surface area contributed by atoms with Gasteiger partial charge in [-0.05, 0) is 18.1 Å². The number of nitrogens with one attached hydrogen (secondary N) is 1. The summed E-state index contributed by atoms with van der Waals surface area (Å²) in [5.74, 6) is -0.438. The van der Waals surface area contributed by atoms with Crippen LogP contribution in [0.5, 0.6) is 0 Å². The minimum atomic E-state index is -0.482. The van der Waals surface area contributed by atoms with Gasteiger partial charge in [0.2, 0.25) is 5.91 Å². The SMILES string of the molecule is Cc1nc(-c2nnc(NC(=O)C(c3ccccc3)c3ccccc3)o2)cs1. The molecule has 134 valence electrons. The highest BCUT2D eigenvalue weighted by Gasteiger charge is 2.24. The Morgan fingerprint density at radius 1 is 1.00 bits per heavy atom. The van der Waals surface area contributed by atoms with Gasteiger partial charge in [0.1, 0.15) is 5.69 Å². The van der Waals surface area contributed by atoms with Gasteiger partial charge in [-0.1, -0.05) is 65.8 Å². The summed E-state index contributed by atoms with van der Waals surface area (Å²) in [4.78, 5) is 17.3. The van der Waals surface area contributed by atoms with Crippen molar-refractivity contribution in [2.24, 2.45) is 0 Å². The van der Waals surface area contributed by atoms with Crippen LogP contribution in [0.15, 0.2) is 70.5 Å². The van der Waals surface area contributed by atoms with E-state index in [0.717, 1.165) is 16.1 Å². The molecule has 1 amide bonds. The average Bonchev–Trinajstić information content (AvgIpc) is 3.33. The van der Waals surface area contributed by atoms with Crippen molar-refractivity contribution in [3.05, 3.63) is 82.2 Å². The lowest BCUT2D eigenvalue weighted by Gasteiger charge is -2.16. The lowest BCUT2D eigenvalue weighted by Crippen LogP contribution is -2.22. The number of hydrogen-bond donors (Lipinski definition) is 1. The lowest BCUT2D eigenvalue weighted by molar-refractivity contribution is -0.116. The van der Waals surface area contributed by atoms with E-state index in [1.807, 2.05) is 73.0 Å². The highest BCUT2D eigenvalue weighted by atomic mass is 32.1. The Labute approximate surface area is 159 Å². The number of amides is 1. The Morgan fingerprint density at radius 2 is 1.63 bits per heavy atom. The molecule has 0 radical (unpaired) electrons. The number of hydrogen-bond acceptors (Lipinski definition) is 6. The number of carbonyl (C=O) groups is 1. The zero-order valence-electron chi connectivity index (χ0n) is 14.5. The van der Waals surface area contributed by atoms with Crippen molar-refractivity contribution in [3.8, 4) is 11.6 Å². The number of carbonyl (C=O) groups excluding carboxylic acids is 1. The molecule has 0 aliphatic carbocycles. The second kappa shape index (κ2) is 7.51. The molecule has 1 N–H and O–H groups in total. The van der Waals surface area contributed by atoms with Gasteiger partial charge in [-0.25, -0.2) is 4.98 Å². The molecule has 0 saturated heterocycles. The van der Waals surface area contributed by atoms with Crippen molar-refractivity contribution in [1.29, 1.82) is 0 Å². The van der Waals surface area contributed by atoms with Crippen LogP contribution in [0.4, 0.5) is 6.01 Å². The predicted molar refractivity (Wildman–Crippen MR) is 103 cm³/mol. The van der Waals surface area contributed by atoms with Gasteiger partial charge in [0, 0.05) is 5.38 Å². The number of thiazole rings is 1. The number of anilines is 1. The standard InChI is InChI=1S/C20H16N4O2S/c1-13-21-16(12-27-13)19-23-24-20(26-19)22-18(25)17(14-8-4-2-5-9-14)15-10-6-3-7-11-15/h2-12,17H,1H3,(H,22,24,25). The lowest BCUT2D eigenvalue weighted by atomic mass is 9.90. The van der Waals surface area contributed by atoms with Crippen LogP contribution in [0.3, 0.4) is 0 Å². The molecular formula is C20H16N4O2S. The first kappa shape index (κ1) is 17.1. The van der Waals surface area contributed by atoms with Crippen LogP contribution in [-0.4, -0.2) is 21.1 Å². The van der Waals surface area contributed by atoms with E-state index in [1.165, 1.54) is 11.3 Å². The Kier molecular flexibility index (Phi) is 4.76. The van der Waals surface area contributed by atoms with Crippen molar-refractivity contribution in [1.82, 2.24) is 15.2 Å². The quantitative estimate of drug-likeness (QED) is 0.562. The maximum Gasteiger partial charge on any atom is 0.322 e. The van der Waals surface area contributed by atoms with Crippen LogP contribution in [0.1, 0.15) is 22.1 Å². The Bertz CT molecular complexity index is 1000. The van der Waals surface area contributed by atoms with Crippen LogP contribution < -0.4 is 5.32 Å². The molecule has 27 heavy (non-hydrogen) atoms. The maximum atomic E-state index is 13.0. The molecule has 0 saturated carbocycles. The Balaban J connectivity index is 1.60. The van der Waals surface area contributed by atoms with Crippen molar-refractivity contribution in [2.75, 3.05) is 5.32 Å². The molecule has 2 aromatic heterocycles. The molecule has 4 aromatic rings. The molecular weight excluding hydrogens is 360 g/mol. The van der Waals surface area contributed by atoms with Crippen molar-refractivity contribution in [2.45, 2.75) is 12.8 Å². The molecule has 2 heterocycles. The van der Waals surface area contributed by atoms with E-state index >= 15 is 0 Å². The third kappa shape index (κ3) is 3.78. The first-order chi connectivity index (χ1) is 13.2. The molecule has 0 fully saturated rings. The van der Waals surface area contributed by atoms with Gasteiger partial charge in [-0.3, -0.25) is 10.1 Å². The largest absolute Gasteiger partial charge is 0.401 e. The third-order valence-corrected chi connectivity index (χ3v) is 4.79. The zero-order valence-corrected chi connectivity index (χ0v) is 15.3. The van der Waals surface area contributed by atoms with E-state index in [4.69, 9.17) is 4.42 Å². The minimum Gasteiger partial charge on any atom is -0.401 e. The van der Waals surface area contributed by atoms with Gasteiger partial charge < -0.3 is 4.42 Å². The van der Waals surface area contributed by atoms with E-state index in [0.29, 0.717) is 5.69 Å². The molecule has 4 rings (SSSR count). The van der Waals surface area contributed by atoms with E-state index in [-0.39, 0.29) is 17.8 Å². The van der Waals surface area contributed by atoms with Crippen LogP contribution in [0, 0.1) is 6.92 Å². The maximum absolute atomic E-state index is 13.0. The van der Waals surface area contributed by atoms with E-state index in [9.17, 15) is 4.79 Å². The van der Waals surface area contributed by atoms with Gasteiger partial charge >= 0.3 is 6.01 Å². The molecule has 2 aromatic carbocycles. The van der Waals surface area contributed by atoms with Gasteiger partial charge in [0.15, 0.2) is 0 Å². The Morgan fingerprint density at radius 3 is 2.19 bits per heavy atom. The fourth-order valence-corrected chi connectivity index (χ4v) is 3.39. The number of benzene rings is 2. The van der Waals surface area contributed by atoms with Gasteiger partial charge in [0.05, 0.1) is 10.9 Å². The summed E-state index contributed by atoms with van der Waals surface area (Å²) >= 11 is 1.50. The minimum absolute atomic E-state index is 0.0533.